The van der Waals surface area contributed by atoms with Crippen molar-refractivity contribution in [1.82, 2.24) is 0 Å². The molecule has 0 spiro atoms. The van der Waals surface area contributed by atoms with Gasteiger partial charge in [-0.1, -0.05) is 63.2 Å². The minimum Gasteiger partial charge on any atom is -0.455 e. The van der Waals surface area contributed by atoms with Gasteiger partial charge in [0, 0.05) is 5.69 Å². The Morgan fingerprint density at radius 3 is 2.32 bits per heavy atom. The van der Waals surface area contributed by atoms with Crippen LogP contribution in [0, 0.1) is 0 Å². The number of esters is 1. The largest absolute Gasteiger partial charge is 0.455 e. The van der Waals surface area contributed by atoms with E-state index in [1.807, 2.05) is 61.5 Å². The van der Waals surface area contributed by atoms with Crippen LogP contribution in [-0.4, -0.2) is 18.5 Å². The smallest absolute Gasteiger partial charge is 0.313 e. The van der Waals surface area contributed by atoms with Crippen molar-refractivity contribution in [2.24, 2.45) is 0 Å². The lowest BCUT2D eigenvalue weighted by Crippen LogP contribution is -2.24. The van der Waals surface area contributed by atoms with Gasteiger partial charge in [0.2, 0.25) is 0 Å². The number of carbonyl (C=O) groups is 2. The first-order valence-electron chi connectivity index (χ1n) is 8.62. The summed E-state index contributed by atoms with van der Waals surface area (Å²) < 4.78 is 5.21. The molecular weight excluding hydrogens is 314 g/mol. The molecule has 4 nitrogen and oxygen atoms in total. The molecule has 0 aromatic heterocycles. The van der Waals surface area contributed by atoms with Gasteiger partial charge in [-0.05, 0) is 35.6 Å². The van der Waals surface area contributed by atoms with E-state index >= 15 is 0 Å². The second-order valence-electron chi connectivity index (χ2n) is 6.31. The molecule has 4 heteroatoms. The van der Waals surface area contributed by atoms with Crippen molar-refractivity contribution in [3.63, 3.8) is 0 Å². The number of hydrogen-bond donors (Lipinski definition) is 1. The van der Waals surface area contributed by atoms with Crippen LogP contribution in [0.2, 0.25) is 0 Å². The average molecular weight is 339 g/mol. The predicted octanol–water partition coefficient (Wildman–Crippen LogP) is 4.49. The van der Waals surface area contributed by atoms with Gasteiger partial charge in [0.05, 0.1) is 5.92 Å². The van der Waals surface area contributed by atoms with Crippen molar-refractivity contribution >= 4 is 17.6 Å². The number of hydrogen-bond acceptors (Lipinski definition) is 3. The molecule has 0 bridgehead atoms. The van der Waals surface area contributed by atoms with Gasteiger partial charge in [-0.2, -0.15) is 0 Å². The number of ether oxygens (including phenoxy) is 1. The van der Waals surface area contributed by atoms with Crippen molar-refractivity contribution in [1.29, 1.82) is 0 Å². The van der Waals surface area contributed by atoms with E-state index in [9.17, 15) is 9.59 Å². The van der Waals surface area contributed by atoms with Crippen molar-refractivity contribution in [2.75, 3.05) is 11.9 Å². The molecule has 0 aliphatic heterocycles. The highest BCUT2D eigenvalue weighted by Gasteiger charge is 2.21. The second kappa shape index (κ2) is 9.02. The summed E-state index contributed by atoms with van der Waals surface area (Å²) in [6.07, 6.45) is 0.626. The van der Waals surface area contributed by atoms with Crippen LogP contribution < -0.4 is 5.32 Å². The molecule has 2 aromatic carbocycles. The quantitative estimate of drug-likeness (QED) is 0.756. The minimum atomic E-state index is -0.375. The Morgan fingerprint density at radius 2 is 1.68 bits per heavy atom. The fourth-order valence-electron chi connectivity index (χ4n) is 2.63. The van der Waals surface area contributed by atoms with E-state index in [1.165, 1.54) is 0 Å². The monoisotopic (exact) mass is 339 g/mol. The number of carbonyl (C=O) groups excluding carboxylic acids is 2. The van der Waals surface area contributed by atoms with Crippen LogP contribution in [-0.2, 0) is 14.3 Å². The first-order valence-corrected chi connectivity index (χ1v) is 8.62. The van der Waals surface area contributed by atoms with Crippen molar-refractivity contribution in [3.8, 4) is 0 Å². The second-order valence-corrected chi connectivity index (χ2v) is 6.31. The first kappa shape index (κ1) is 18.7. The molecule has 0 heterocycles. The Bertz CT molecular complexity index is 710. The minimum absolute atomic E-state index is 0.284. The van der Waals surface area contributed by atoms with Crippen molar-refractivity contribution < 1.29 is 14.3 Å². The number of anilines is 1. The summed E-state index contributed by atoms with van der Waals surface area (Å²) in [5.41, 5.74) is 2.76. The molecule has 0 radical (unpaired) electrons. The fraction of sp³-hybridized carbons (Fsp3) is 0.333. The SMILES string of the molecule is CCC(C(=O)OCC(=O)Nc1cccc(C(C)C)c1)c1ccccc1. The summed E-state index contributed by atoms with van der Waals surface area (Å²) in [6, 6.07) is 17.2. The van der Waals surface area contributed by atoms with Gasteiger partial charge < -0.3 is 10.1 Å². The van der Waals surface area contributed by atoms with E-state index in [4.69, 9.17) is 4.74 Å². The Labute approximate surface area is 149 Å². The standard InChI is InChI=1S/C21H25NO3/c1-4-19(16-9-6-5-7-10-16)21(24)25-14-20(23)22-18-12-8-11-17(13-18)15(2)3/h5-13,15,19H,4,14H2,1-3H3,(H,22,23). The molecule has 0 saturated heterocycles. The Morgan fingerprint density at radius 1 is 1.00 bits per heavy atom. The molecular formula is C21H25NO3. The zero-order valence-electron chi connectivity index (χ0n) is 15.0. The molecule has 0 aliphatic carbocycles. The van der Waals surface area contributed by atoms with Crippen LogP contribution >= 0.6 is 0 Å². The molecule has 0 saturated carbocycles. The van der Waals surface area contributed by atoms with Crippen LogP contribution in [0.1, 0.15) is 50.2 Å². The molecule has 1 atom stereocenters. The summed E-state index contributed by atoms with van der Waals surface area (Å²) in [7, 11) is 0. The Kier molecular flexibility index (Phi) is 6.75. The van der Waals surface area contributed by atoms with Crippen LogP contribution in [0.4, 0.5) is 5.69 Å². The molecule has 0 aliphatic rings. The van der Waals surface area contributed by atoms with Gasteiger partial charge in [0.25, 0.3) is 5.91 Å². The topological polar surface area (TPSA) is 55.4 Å². The molecule has 25 heavy (non-hydrogen) atoms. The molecule has 1 amide bonds. The summed E-state index contributed by atoms with van der Waals surface area (Å²) in [6.45, 7) is 5.83. The van der Waals surface area contributed by atoms with Gasteiger partial charge >= 0.3 is 5.97 Å². The normalized spacial score (nSPS) is 11.8. The summed E-state index contributed by atoms with van der Waals surface area (Å²) in [5.74, 6) is -0.680. The van der Waals surface area contributed by atoms with Gasteiger partial charge in [0.1, 0.15) is 0 Å². The van der Waals surface area contributed by atoms with Gasteiger partial charge in [0.15, 0.2) is 6.61 Å². The molecule has 1 unspecified atom stereocenters. The van der Waals surface area contributed by atoms with Crippen LogP contribution in [0.25, 0.3) is 0 Å². The van der Waals surface area contributed by atoms with Gasteiger partial charge in [-0.3, -0.25) is 9.59 Å². The van der Waals surface area contributed by atoms with Crippen molar-refractivity contribution in [3.05, 3.63) is 65.7 Å². The lowest BCUT2D eigenvalue weighted by Gasteiger charge is -2.14. The highest BCUT2D eigenvalue weighted by Crippen LogP contribution is 2.21. The fourth-order valence-corrected chi connectivity index (χ4v) is 2.63. The third-order valence-corrected chi connectivity index (χ3v) is 4.08. The molecule has 1 N–H and O–H groups in total. The summed E-state index contributed by atoms with van der Waals surface area (Å²) in [5, 5.41) is 2.77. The Balaban J connectivity index is 1.91. The third-order valence-electron chi connectivity index (χ3n) is 4.08. The van der Waals surface area contributed by atoms with E-state index < -0.39 is 0 Å². The molecule has 132 valence electrons. The lowest BCUT2D eigenvalue weighted by atomic mass is 9.97. The Hall–Kier alpha value is -2.62. The van der Waals surface area contributed by atoms with Gasteiger partial charge in [-0.25, -0.2) is 0 Å². The van der Waals surface area contributed by atoms with E-state index in [0.717, 1.165) is 11.1 Å². The summed E-state index contributed by atoms with van der Waals surface area (Å²) >= 11 is 0. The number of benzene rings is 2. The van der Waals surface area contributed by atoms with E-state index in [1.54, 1.807) is 0 Å². The first-order chi connectivity index (χ1) is 12.0. The van der Waals surface area contributed by atoms with Crippen molar-refractivity contribution in [2.45, 2.75) is 39.0 Å². The van der Waals surface area contributed by atoms with Crippen LogP contribution in [0.15, 0.2) is 54.6 Å². The van der Waals surface area contributed by atoms with E-state index in [-0.39, 0.29) is 24.4 Å². The maximum absolute atomic E-state index is 12.3. The molecule has 0 fully saturated rings. The van der Waals surface area contributed by atoms with Crippen LogP contribution in [0.3, 0.4) is 0 Å². The average Bonchev–Trinajstić information content (AvgIpc) is 2.62. The maximum atomic E-state index is 12.3. The predicted molar refractivity (Wildman–Crippen MR) is 99.6 cm³/mol. The zero-order valence-corrected chi connectivity index (χ0v) is 15.0. The zero-order chi connectivity index (χ0) is 18.2. The highest BCUT2D eigenvalue weighted by molar-refractivity contribution is 5.93. The number of nitrogens with one attached hydrogen (secondary N) is 1. The van der Waals surface area contributed by atoms with Gasteiger partial charge in [-0.15, -0.1) is 0 Å². The molecule has 2 rings (SSSR count). The number of amides is 1. The third kappa shape index (κ3) is 5.45. The summed E-state index contributed by atoms with van der Waals surface area (Å²) in [4.78, 5) is 24.3. The van der Waals surface area contributed by atoms with Crippen LogP contribution in [0.5, 0.6) is 0 Å². The van der Waals surface area contributed by atoms with E-state index in [0.29, 0.717) is 18.0 Å². The molecule has 2 aromatic rings. The maximum Gasteiger partial charge on any atom is 0.313 e. The highest BCUT2D eigenvalue weighted by atomic mass is 16.5. The lowest BCUT2D eigenvalue weighted by molar-refractivity contribution is -0.149. The number of rotatable bonds is 7. The van der Waals surface area contributed by atoms with E-state index in [2.05, 4.69) is 19.2 Å².